The van der Waals surface area contributed by atoms with Crippen LogP contribution in [-0.4, -0.2) is 33.6 Å². The Bertz CT molecular complexity index is 428. The average Bonchev–Trinajstić information content (AvgIpc) is 2.26. The number of pyridine rings is 1. The van der Waals surface area contributed by atoms with Crippen molar-refractivity contribution in [1.82, 2.24) is 4.98 Å². The van der Waals surface area contributed by atoms with Gasteiger partial charge in [-0.2, -0.15) is 0 Å². The fourth-order valence-corrected chi connectivity index (χ4v) is 1.39. The minimum atomic E-state index is -4.12. The van der Waals surface area contributed by atoms with Crippen molar-refractivity contribution >= 4 is 19.4 Å². The van der Waals surface area contributed by atoms with Gasteiger partial charge in [-0.3, -0.25) is 4.57 Å². The minimum Gasteiger partial charge on any atom is -0.462 e. The molecule has 0 saturated heterocycles. The smallest absolute Gasteiger partial charge is 0.344 e. The SMILES string of the molecule is CCOC(=O)c1ccc(NCP(=O)(O)O)nc1. The second-order valence-electron chi connectivity index (χ2n) is 3.15. The van der Waals surface area contributed by atoms with Gasteiger partial charge in [0.2, 0.25) is 0 Å². The summed E-state index contributed by atoms with van der Waals surface area (Å²) < 4.78 is 15.4. The molecule has 0 spiro atoms. The fraction of sp³-hybridized carbons (Fsp3) is 0.333. The molecule has 0 bridgehead atoms. The summed E-state index contributed by atoms with van der Waals surface area (Å²) in [5.41, 5.74) is 0.286. The molecule has 0 atom stereocenters. The van der Waals surface area contributed by atoms with Crippen molar-refractivity contribution in [3.05, 3.63) is 23.9 Å². The first-order valence-corrected chi connectivity index (χ1v) is 6.64. The molecule has 0 unspecified atom stereocenters. The molecule has 0 aliphatic rings. The van der Waals surface area contributed by atoms with E-state index in [9.17, 15) is 9.36 Å². The highest BCUT2D eigenvalue weighted by atomic mass is 31.2. The van der Waals surface area contributed by atoms with Gasteiger partial charge in [0.1, 0.15) is 12.1 Å². The zero-order chi connectivity index (χ0) is 12.9. The summed E-state index contributed by atoms with van der Waals surface area (Å²) in [7, 11) is -4.12. The zero-order valence-electron chi connectivity index (χ0n) is 9.16. The van der Waals surface area contributed by atoms with Crippen molar-refractivity contribution in [3.8, 4) is 0 Å². The molecule has 1 aromatic heterocycles. The van der Waals surface area contributed by atoms with E-state index in [2.05, 4.69) is 10.3 Å². The van der Waals surface area contributed by atoms with Crippen molar-refractivity contribution in [1.29, 1.82) is 0 Å². The maximum absolute atomic E-state index is 11.3. The van der Waals surface area contributed by atoms with E-state index in [1.165, 1.54) is 18.3 Å². The molecule has 0 fully saturated rings. The number of aromatic nitrogens is 1. The van der Waals surface area contributed by atoms with Crippen molar-refractivity contribution < 1.29 is 23.9 Å². The Balaban J connectivity index is 2.62. The van der Waals surface area contributed by atoms with Gasteiger partial charge >= 0.3 is 13.6 Å². The van der Waals surface area contributed by atoms with Crippen LogP contribution in [0.3, 0.4) is 0 Å². The largest absolute Gasteiger partial charge is 0.462 e. The van der Waals surface area contributed by atoms with Gasteiger partial charge in [-0.25, -0.2) is 9.78 Å². The van der Waals surface area contributed by atoms with E-state index in [1.54, 1.807) is 6.92 Å². The Morgan fingerprint density at radius 3 is 2.71 bits per heavy atom. The summed E-state index contributed by atoms with van der Waals surface area (Å²) in [4.78, 5) is 32.4. The van der Waals surface area contributed by atoms with Crippen LogP contribution in [0.2, 0.25) is 0 Å². The molecule has 94 valence electrons. The summed E-state index contributed by atoms with van der Waals surface area (Å²) in [6.07, 6.45) is 0.777. The Morgan fingerprint density at radius 2 is 2.24 bits per heavy atom. The van der Waals surface area contributed by atoms with Crippen LogP contribution in [0.25, 0.3) is 0 Å². The highest BCUT2D eigenvalue weighted by Crippen LogP contribution is 2.33. The molecule has 0 aliphatic carbocycles. The molecule has 0 amide bonds. The lowest BCUT2D eigenvalue weighted by Crippen LogP contribution is -2.07. The van der Waals surface area contributed by atoms with Gasteiger partial charge in [0.15, 0.2) is 0 Å². The molecule has 0 saturated carbocycles. The van der Waals surface area contributed by atoms with Gasteiger partial charge in [0, 0.05) is 6.20 Å². The monoisotopic (exact) mass is 260 g/mol. The quantitative estimate of drug-likeness (QED) is 0.530. The average molecular weight is 260 g/mol. The second-order valence-corrected chi connectivity index (χ2v) is 4.80. The molecule has 1 rings (SSSR count). The summed E-state index contributed by atoms with van der Waals surface area (Å²) >= 11 is 0. The Hall–Kier alpha value is -1.43. The van der Waals surface area contributed by atoms with Crippen LogP contribution in [0.15, 0.2) is 18.3 Å². The van der Waals surface area contributed by atoms with E-state index in [1.807, 2.05) is 0 Å². The Labute approximate surface area is 98.0 Å². The summed E-state index contributed by atoms with van der Waals surface area (Å²) in [5, 5.41) is 2.46. The van der Waals surface area contributed by atoms with E-state index in [-0.39, 0.29) is 18.0 Å². The predicted octanol–water partition coefficient (Wildman–Crippen LogP) is 0.805. The first-order chi connectivity index (χ1) is 7.92. The van der Waals surface area contributed by atoms with Crippen LogP contribution >= 0.6 is 7.60 Å². The summed E-state index contributed by atoms with van der Waals surface area (Å²) in [6.45, 7) is 1.97. The van der Waals surface area contributed by atoms with Gasteiger partial charge < -0.3 is 19.8 Å². The molecule has 1 heterocycles. The van der Waals surface area contributed by atoms with Crippen molar-refractivity contribution in [2.45, 2.75) is 6.92 Å². The van der Waals surface area contributed by atoms with Crippen molar-refractivity contribution in [2.75, 3.05) is 18.2 Å². The van der Waals surface area contributed by atoms with Gasteiger partial charge in [-0.15, -0.1) is 0 Å². The predicted molar refractivity (Wildman–Crippen MR) is 60.7 cm³/mol. The molecule has 0 radical (unpaired) electrons. The van der Waals surface area contributed by atoms with Gasteiger partial charge in [0.25, 0.3) is 0 Å². The highest BCUT2D eigenvalue weighted by molar-refractivity contribution is 7.51. The van der Waals surface area contributed by atoms with Crippen LogP contribution < -0.4 is 5.32 Å². The normalized spacial score (nSPS) is 11.0. The number of rotatable bonds is 5. The molecule has 0 aliphatic heterocycles. The third-order valence-corrected chi connectivity index (χ3v) is 2.31. The molecule has 0 aromatic carbocycles. The van der Waals surface area contributed by atoms with E-state index >= 15 is 0 Å². The van der Waals surface area contributed by atoms with Crippen molar-refractivity contribution in [3.63, 3.8) is 0 Å². The van der Waals surface area contributed by atoms with E-state index in [4.69, 9.17) is 14.5 Å². The molecule has 17 heavy (non-hydrogen) atoms. The Kier molecular flexibility index (Phi) is 4.62. The number of nitrogens with one attached hydrogen (secondary N) is 1. The lowest BCUT2D eigenvalue weighted by atomic mass is 10.3. The third-order valence-electron chi connectivity index (χ3n) is 1.74. The van der Waals surface area contributed by atoms with E-state index in [0.29, 0.717) is 0 Å². The number of carbonyl (C=O) groups excluding carboxylic acids is 1. The molecular weight excluding hydrogens is 247 g/mol. The molecule has 1 aromatic rings. The number of nitrogens with zero attached hydrogens (tertiary/aromatic N) is 1. The van der Waals surface area contributed by atoms with Gasteiger partial charge in [-0.05, 0) is 19.1 Å². The van der Waals surface area contributed by atoms with Crippen LogP contribution in [0.4, 0.5) is 5.82 Å². The number of carbonyl (C=O) groups is 1. The maximum atomic E-state index is 11.3. The standard InChI is InChI=1S/C9H13N2O5P/c1-2-16-9(12)7-3-4-8(10-5-7)11-6-17(13,14)15/h3-5H,2,6H2,1H3,(H,10,11)(H2,13,14,15). The fourth-order valence-electron chi connectivity index (χ4n) is 1.02. The van der Waals surface area contributed by atoms with Crippen LogP contribution in [0, 0.1) is 0 Å². The second kappa shape index (κ2) is 5.77. The number of ether oxygens (including phenoxy) is 1. The lowest BCUT2D eigenvalue weighted by molar-refractivity contribution is 0.0526. The topological polar surface area (TPSA) is 109 Å². The van der Waals surface area contributed by atoms with Crippen LogP contribution in [-0.2, 0) is 9.30 Å². The first kappa shape index (κ1) is 13.6. The van der Waals surface area contributed by atoms with Crippen LogP contribution in [0.1, 0.15) is 17.3 Å². The Morgan fingerprint density at radius 1 is 1.53 bits per heavy atom. The molecule has 3 N–H and O–H groups in total. The zero-order valence-corrected chi connectivity index (χ0v) is 10.1. The van der Waals surface area contributed by atoms with Gasteiger partial charge in [0.05, 0.1) is 12.2 Å². The maximum Gasteiger partial charge on any atom is 0.344 e. The number of anilines is 1. The first-order valence-electron chi connectivity index (χ1n) is 4.84. The summed E-state index contributed by atoms with van der Waals surface area (Å²) in [6, 6.07) is 2.91. The number of hydrogen-bond acceptors (Lipinski definition) is 5. The molecule has 8 heteroatoms. The third kappa shape index (κ3) is 4.95. The van der Waals surface area contributed by atoms with Crippen LogP contribution in [0.5, 0.6) is 0 Å². The van der Waals surface area contributed by atoms with Crippen molar-refractivity contribution in [2.24, 2.45) is 0 Å². The van der Waals surface area contributed by atoms with E-state index in [0.717, 1.165) is 0 Å². The number of hydrogen-bond donors (Lipinski definition) is 3. The lowest BCUT2D eigenvalue weighted by Gasteiger charge is -2.07. The highest BCUT2D eigenvalue weighted by Gasteiger charge is 2.12. The van der Waals surface area contributed by atoms with Gasteiger partial charge in [-0.1, -0.05) is 0 Å². The molecular formula is C9H13N2O5P. The number of esters is 1. The minimum absolute atomic E-state index is 0.275. The summed E-state index contributed by atoms with van der Waals surface area (Å²) in [5.74, 6) is -0.206. The molecule has 7 nitrogen and oxygen atoms in total. The van der Waals surface area contributed by atoms with E-state index < -0.39 is 19.9 Å².